The van der Waals surface area contributed by atoms with Crippen LogP contribution in [0, 0.1) is 12.7 Å². The van der Waals surface area contributed by atoms with Crippen molar-refractivity contribution in [1.82, 2.24) is 24.6 Å². The van der Waals surface area contributed by atoms with Gasteiger partial charge in [0.25, 0.3) is 0 Å². The molecule has 130 valence electrons. The van der Waals surface area contributed by atoms with Crippen LogP contribution >= 0.6 is 0 Å². The van der Waals surface area contributed by atoms with Gasteiger partial charge in [0.1, 0.15) is 17.7 Å². The second-order valence-corrected chi connectivity index (χ2v) is 5.78. The Morgan fingerprint density at radius 2 is 1.92 bits per heavy atom. The molecule has 26 heavy (non-hydrogen) atoms. The summed E-state index contributed by atoms with van der Waals surface area (Å²) < 4.78 is 15.0. The molecule has 4 rings (SSSR count). The summed E-state index contributed by atoms with van der Waals surface area (Å²) in [5, 5.41) is 14.2. The van der Waals surface area contributed by atoms with Gasteiger partial charge in [-0.15, -0.1) is 0 Å². The first-order chi connectivity index (χ1) is 12.5. The molecule has 0 spiro atoms. The molecule has 1 atom stereocenters. The molecule has 8 heteroatoms. The number of hydrogen-bond donors (Lipinski definition) is 2. The number of hydrogen-bond acceptors (Lipinski definition) is 6. The van der Waals surface area contributed by atoms with Crippen LogP contribution in [0.1, 0.15) is 17.6 Å². The Morgan fingerprint density at radius 1 is 1.12 bits per heavy atom. The second-order valence-electron chi connectivity index (χ2n) is 5.78. The van der Waals surface area contributed by atoms with E-state index in [1.165, 1.54) is 16.8 Å². The molecule has 0 aliphatic rings. The Morgan fingerprint density at radius 3 is 2.69 bits per heavy atom. The zero-order valence-corrected chi connectivity index (χ0v) is 13.8. The van der Waals surface area contributed by atoms with Crippen molar-refractivity contribution in [2.45, 2.75) is 13.2 Å². The number of aliphatic hydroxyl groups is 1. The molecule has 1 unspecified atom stereocenters. The topological polar surface area (TPSA) is 102 Å². The molecule has 4 aromatic heterocycles. The third-order valence-electron chi connectivity index (χ3n) is 4.04. The number of nitrogens with zero attached hydrogens (tertiary/aromatic N) is 5. The number of pyridine rings is 2. The molecule has 7 nitrogen and oxygen atoms in total. The minimum Gasteiger partial charge on any atom is -0.373 e. The van der Waals surface area contributed by atoms with E-state index in [4.69, 9.17) is 5.73 Å². The maximum absolute atomic E-state index is 13.6. The molecule has 0 radical (unpaired) electrons. The Bertz CT molecular complexity index is 1110. The lowest BCUT2D eigenvalue weighted by Crippen LogP contribution is -2.12. The molecule has 0 bridgehead atoms. The van der Waals surface area contributed by atoms with Gasteiger partial charge >= 0.3 is 0 Å². The molecular formula is C18H15FN6O. The average molecular weight is 350 g/mol. The predicted molar refractivity (Wildman–Crippen MR) is 93.3 cm³/mol. The van der Waals surface area contributed by atoms with Crippen LogP contribution in [-0.2, 0) is 0 Å². The van der Waals surface area contributed by atoms with E-state index in [1.54, 1.807) is 37.4 Å². The smallest absolute Gasteiger partial charge is 0.153 e. The minimum atomic E-state index is -1.19. The lowest BCUT2D eigenvalue weighted by Gasteiger charge is -2.10. The van der Waals surface area contributed by atoms with Gasteiger partial charge in [-0.25, -0.2) is 18.9 Å². The van der Waals surface area contributed by atoms with E-state index in [2.05, 4.69) is 20.1 Å². The Hall–Kier alpha value is -3.23. The summed E-state index contributed by atoms with van der Waals surface area (Å²) in [5.74, 6) is -0.370. The molecule has 0 amide bonds. The van der Waals surface area contributed by atoms with Crippen molar-refractivity contribution in [2.24, 2.45) is 5.73 Å². The van der Waals surface area contributed by atoms with Gasteiger partial charge in [0.15, 0.2) is 5.65 Å². The van der Waals surface area contributed by atoms with Crippen molar-refractivity contribution in [1.29, 1.82) is 0 Å². The molecule has 0 aliphatic heterocycles. The van der Waals surface area contributed by atoms with Crippen LogP contribution in [0.3, 0.4) is 0 Å². The van der Waals surface area contributed by atoms with Crippen LogP contribution in [0.25, 0.3) is 28.3 Å². The third-order valence-corrected chi connectivity index (χ3v) is 4.04. The van der Waals surface area contributed by atoms with E-state index in [1.807, 2.05) is 6.07 Å². The summed E-state index contributed by atoms with van der Waals surface area (Å²) >= 11 is 0. The normalized spacial score (nSPS) is 12.5. The van der Waals surface area contributed by atoms with Crippen LogP contribution in [-0.4, -0.2) is 29.7 Å². The summed E-state index contributed by atoms with van der Waals surface area (Å²) in [4.78, 5) is 12.8. The number of halogens is 1. The van der Waals surface area contributed by atoms with Gasteiger partial charge in [0.05, 0.1) is 29.0 Å². The maximum Gasteiger partial charge on any atom is 0.153 e. The molecule has 0 aromatic carbocycles. The first kappa shape index (κ1) is 16.2. The number of aryl methyl sites for hydroxylation is 1. The van der Waals surface area contributed by atoms with Crippen molar-refractivity contribution >= 4 is 5.65 Å². The summed E-state index contributed by atoms with van der Waals surface area (Å²) in [7, 11) is 0. The molecule has 4 heterocycles. The van der Waals surface area contributed by atoms with Gasteiger partial charge in [0.2, 0.25) is 0 Å². The van der Waals surface area contributed by atoms with Crippen LogP contribution in [0.15, 0.2) is 48.8 Å². The second kappa shape index (κ2) is 6.25. The predicted octanol–water partition coefficient (Wildman–Crippen LogP) is 2.25. The van der Waals surface area contributed by atoms with Crippen LogP contribution < -0.4 is 5.73 Å². The first-order valence-corrected chi connectivity index (χ1v) is 7.92. The fraction of sp³-hybridized carbons (Fsp3) is 0.111. The number of fused-ring (bicyclic) bond motifs is 1. The van der Waals surface area contributed by atoms with Gasteiger partial charge in [0, 0.05) is 11.8 Å². The highest BCUT2D eigenvalue weighted by atomic mass is 19.1. The molecule has 0 fully saturated rings. The summed E-state index contributed by atoms with van der Waals surface area (Å²) in [6.45, 7) is 1.60. The summed E-state index contributed by atoms with van der Waals surface area (Å²) in [6, 6.07) is 10.2. The zero-order valence-electron chi connectivity index (χ0n) is 13.8. The van der Waals surface area contributed by atoms with Crippen molar-refractivity contribution < 1.29 is 9.50 Å². The monoisotopic (exact) mass is 350 g/mol. The van der Waals surface area contributed by atoms with E-state index >= 15 is 0 Å². The van der Waals surface area contributed by atoms with Crippen LogP contribution in [0.2, 0.25) is 0 Å². The van der Waals surface area contributed by atoms with Crippen LogP contribution in [0.5, 0.6) is 0 Å². The Labute approximate surface area is 148 Å². The van der Waals surface area contributed by atoms with Crippen LogP contribution in [0.4, 0.5) is 4.39 Å². The molecule has 0 saturated carbocycles. The standard InChI is InChI=1S/C18H15FN6O/c1-10-12(19)4-5-14(23-10)17-11(3-2-8-21-17)13-6-7-16-22-9-15(18(20)26)25(16)24-13/h2-9,18,26H,20H2,1H3. The van der Waals surface area contributed by atoms with E-state index in [-0.39, 0.29) is 5.82 Å². The van der Waals surface area contributed by atoms with Gasteiger partial charge < -0.3 is 10.8 Å². The number of aliphatic hydroxyl groups excluding tert-OH is 1. The van der Waals surface area contributed by atoms with Crippen molar-refractivity contribution in [2.75, 3.05) is 0 Å². The lowest BCUT2D eigenvalue weighted by atomic mass is 10.1. The maximum atomic E-state index is 13.6. The fourth-order valence-electron chi connectivity index (χ4n) is 2.73. The van der Waals surface area contributed by atoms with Crippen molar-refractivity contribution in [3.8, 4) is 22.6 Å². The lowest BCUT2D eigenvalue weighted by molar-refractivity contribution is 0.179. The highest BCUT2D eigenvalue weighted by Gasteiger charge is 2.15. The molecule has 0 saturated heterocycles. The van der Waals surface area contributed by atoms with E-state index in [9.17, 15) is 9.50 Å². The van der Waals surface area contributed by atoms with Gasteiger partial charge in [-0.2, -0.15) is 5.10 Å². The Kier molecular flexibility index (Phi) is 3.90. The molecule has 4 aromatic rings. The van der Waals surface area contributed by atoms with Crippen molar-refractivity contribution in [3.05, 3.63) is 66.0 Å². The van der Waals surface area contributed by atoms with Gasteiger partial charge in [-0.1, -0.05) is 0 Å². The summed E-state index contributed by atoms with van der Waals surface area (Å²) in [5.41, 5.74) is 9.25. The highest BCUT2D eigenvalue weighted by molar-refractivity contribution is 5.77. The number of nitrogens with two attached hydrogens (primary N) is 1. The van der Waals surface area contributed by atoms with E-state index < -0.39 is 6.23 Å². The SMILES string of the molecule is Cc1nc(-c2ncccc2-c2ccc3ncc(C(N)O)n3n2)ccc1F. The number of rotatable bonds is 3. The molecule has 0 aliphatic carbocycles. The molecule has 3 N–H and O–H groups in total. The highest BCUT2D eigenvalue weighted by Crippen LogP contribution is 2.28. The van der Waals surface area contributed by atoms with E-state index in [0.29, 0.717) is 34.1 Å². The van der Waals surface area contributed by atoms with E-state index in [0.717, 1.165) is 5.56 Å². The van der Waals surface area contributed by atoms with Gasteiger partial charge in [-0.05, 0) is 43.3 Å². The Balaban J connectivity index is 1.90. The number of imidazole rings is 1. The minimum absolute atomic E-state index is 0.297. The first-order valence-electron chi connectivity index (χ1n) is 7.92. The fourth-order valence-corrected chi connectivity index (χ4v) is 2.73. The number of aromatic nitrogens is 5. The van der Waals surface area contributed by atoms with Gasteiger partial charge in [-0.3, -0.25) is 4.98 Å². The molecular weight excluding hydrogens is 335 g/mol. The summed E-state index contributed by atoms with van der Waals surface area (Å²) in [6.07, 6.45) is 1.93. The van der Waals surface area contributed by atoms with Crippen molar-refractivity contribution in [3.63, 3.8) is 0 Å². The zero-order chi connectivity index (χ0) is 18.3. The largest absolute Gasteiger partial charge is 0.373 e. The third kappa shape index (κ3) is 2.71. The average Bonchev–Trinajstić information content (AvgIpc) is 3.07. The quantitative estimate of drug-likeness (QED) is 0.550.